The first-order chi connectivity index (χ1) is 14.1. The van der Waals surface area contributed by atoms with Crippen molar-refractivity contribution < 1.29 is 24.2 Å². The lowest BCUT2D eigenvalue weighted by atomic mass is 10.0. The summed E-state index contributed by atoms with van der Waals surface area (Å²) in [5, 5.41) is 14.0. The summed E-state index contributed by atoms with van der Waals surface area (Å²) in [5.41, 5.74) is 2.72. The molecular formula is C21H25N3O5. The van der Waals surface area contributed by atoms with Crippen LogP contribution in [0.25, 0.3) is 0 Å². The van der Waals surface area contributed by atoms with E-state index >= 15 is 0 Å². The number of amides is 1. The summed E-state index contributed by atoms with van der Waals surface area (Å²) in [6, 6.07) is 7.81. The second kappa shape index (κ2) is 8.24. The van der Waals surface area contributed by atoms with Gasteiger partial charge in [0.05, 0.1) is 7.11 Å². The summed E-state index contributed by atoms with van der Waals surface area (Å²) < 4.78 is 12.5. The molecule has 4 rings (SSSR count). The minimum Gasteiger partial charge on any atom is -0.497 e. The molecule has 0 radical (unpaired) electrons. The van der Waals surface area contributed by atoms with Crippen molar-refractivity contribution in [1.29, 1.82) is 0 Å². The molecule has 29 heavy (non-hydrogen) atoms. The van der Waals surface area contributed by atoms with Gasteiger partial charge in [0.2, 0.25) is 0 Å². The Morgan fingerprint density at radius 3 is 2.76 bits per heavy atom. The fourth-order valence-corrected chi connectivity index (χ4v) is 4.04. The number of methoxy groups -OCH3 is 1. The first-order valence-corrected chi connectivity index (χ1v) is 9.92. The van der Waals surface area contributed by atoms with E-state index in [2.05, 4.69) is 5.10 Å². The lowest BCUT2D eigenvalue weighted by molar-refractivity contribution is -0.141. The van der Waals surface area contributed by atoms with E-state index < -0.39 is 12.1 Å². The summed E-state index contributed by atoms with van der Waals surface area (Å²) in [6.07, 6.45) is 2.55. The maximum absolute atomic E-state index is 12.7. The molecule has 0 bridgehead atoms. The summed E-state index contributed by atoms with van der Waals surface area (Å²) in [4.78, 5) is 26.1. The van der Waals surface area contributed by atoms with Crippen molar-refractivity contribution in [2.24, 2.45) is 0 Å². The Balaban J connectivity index is 1.51. The normalized spacial score (nSPS) is 18.5. The largest absolute Gasteiger partial charge is 0.497 e. The minimum absolute atomic E-state index is 0.0413. The fraction of sp³-hybridized carbons (Fsp3) is 0.476. The van der Waals surface area contributed by atoms with Crippen LogP contribution in [0.3, 0.4) is 0 Å². The van der Waals surface area contributed by atoms with E-state index in [0.29, 0.717) is 31.7 Å². The number of ether oxygens (including phenoxy) is 2. The molecule has 2 aromatic rings. The predicted octanol–water partition coefficient (Wildman–Crippen LogP) is 1.90. The molecule has 2 aliphatic rings. The highest BCUT2D eigenvalue weighted by molar-refractivity contribution is 5.88. The first kappa shape index (κ1) is 19.4. The van der Waals surface area contributed by atoms with Crippen LogP contribution in [0.4, 0.5) is 0 Å². The summed E-state index contributed by atoms with van der Waals surface area (Å²) in [6.45, 7) is 2.03. The standard InChI is InChI=1S/C21H25N3O5/c1-28-15-6-4-14(5-7-15)8-11-24-17-9-10-23(20(25)18-3-2-12-29-18)13-16(17)19(22-24)21(26)27/h4-7,18H,2-3,8-13H2,1H3,(H,26,27). The molecule has 2 aliphatic heterocycles. The van der Waals surface area contributed by atoms with Gasteiger partial charge in [-0.05, 0) is 37.0 Å². The Kier molecular flexibility index (Phi) is 5.53. The molecule has 1 aromatic heterocycles. The second-order valence-corrected chi connectivity index (χ2v) is 7.41. The number of aromatic carboxylic acids is 1. The third kappa shape index (κ3) is 3.98. The van der Waals surface area contributed by atoms with Crippen LogP contribution in [0.15, 0.2) is 24.3 Å². The monoisotopic (exact) mass is 399 g/mol. The number of carboxylic acids is 1. The smallest absolute Gasteiger partial charge is 0.356 e. The zero-order chi connectivity index (χ0) is 20.4. The molecule has 154 valence electrons. The SMILES string of the molecule is COc1ccc(CCn2nc(C(=O)O)c3c2CCN(C(=O)C2CCCO2)C3)cc1. The Morgan fingerprint density at radius 2 is 2.10 bits per heavy atom. The molecule has 1 N–H and O–H groups in total. The van der Waals surface area contributed by atoms with Gasteiger partial charge in [0.25, 0.3) is 5.91 Å². The zero-order valence-corrected chi connectivity index (χ0v) is 16.5. The Morgan fingerprint density at radius 1 is 1.31 bits per heavy atom. The third-order valence-corrected chi connectivity index (χ3v) is 5.62. The van der Waals surface area contributed by atoms with Gasteiger partial charge in [-0.3, -0.25) is 9.48 Å². The highest BCUT2D eigenvalue weighted by Crippen LogP contribution is 2.26. The molecule has 1 saturated heterocycles. The van der Waals surface area contributed by atoms with Crippen LogP contribution < -0.4 is 4.74 Å². The van der Waals surface area contributed by atoms with E-state index in [-0.39, 0.29) is 18.1 Å². The van der Waals surface area contributed by atoms with Gasteiger partial charge in [-0.1, -0.05) is 12.1 Å². The van der Waals surface area contributed by atoms with Crippen LogP contribution in [0, 0.1) is 0 Å². The van der Waals surface area contributed by atoms with Crippen LogP contribution >= 0.6 is 0 Å². The van der Waals surface area contributed by atoms with Crippen molar-refractivity contribution in [2.45, 2.75) is 44.9 Å². The van der Waals surface area contributed by atoms with Crippen LogP contribution in [-0.4, -0.2) is 58.0 Å². The average molecular weight is 399 g/mol. The van der Waals surface area contributed by atoms with E-state index in [0.717, 1.165) is 36.3 Å². The van der Waals surface area contributed by atoms with Gasteiger partial charge in [0, 0.05) is 43.9 Å². The number of hydrogen-bond acceptors (Lipinski definition) is 5. The molecule has 1 atom stereocenters. The van der Waals surface area contributed by atoms with Crippen molar-refractivity contribution >= 4 is 11.9 Å². The molecule has 0 saturated carbocycles. The summed E-state index contributed by atoms with van der Waals surface area (Å²) in [5.74, 6) is -0.305. The molecule has 1 unspecified atom stereocenters. The van der Waals surface area contributed by atoms with Crippen LogP contribution in [0.1, 0.15) is 40.2 Å². The van der Waals surface area contributed by atoms with Crippen LogP contribution in [0.2, 0.25) is 0 Å². The van der Waals surface area contributed by atoms with Gasteiger partial charge in [-0.25, -0.2) is 4.79 Å². The van der Waals surface area contributed by atoms with Crippen molar-refractivity contribution in [1.82, 2.24) is 14.7 Å². The lowest BCUT2D eigenvalue weighted by Crippen LogP contribution is -2.42. The number of carbonyl (C=O) groups is 2. The molecular weight excluding hydrogens is 374 g/mol. The number of carbonyl (C=O) groups excluding carboxylic acids is 1. The number of nitrogens with zero attached hydrogens (tertiary/aromatic N) is 3. The average Bonchev–Trinajstić information content (AvgIpc) is 3.40. The Bertz CT molecular complexity index is 900. The van der Waals surface area contributed by atoms with Gasteiger partial charge in [-0.15, -0.1) is 0 Å². The minimum atomic E-state index is -1.06. The van der Waals surface area contributed by atoms with Gasteiger partial charge in [0.15, 0.2) is 5.69 Å². The van der Waals surface area contributed by atoms with Crippen LogP contribution in [0.5, 0.6) is 5.75 Å². The van der Waals surface area contributed by atoms with E-state index in [1.165, 1.54) is 0 Å². The lowest BCUT2D eigenvalue weighted by Gasteiger charge is -2.29. The summed E-state index contributed by atoms with van der Waals surface area (Å²) >= 11 is 0. The summed E-state index contributed by atoms with van der Waals surface area (Å²) in [7, 11) is 1.63. The van der Waals surface area contributed by atoms with Gasteiger partial charge < -0.3 is 19.5 Å². The Hall–Kier alpha value is -2.87. The van der Waals surface area contributed by atoms with Crippen molar-refractivity contribution in [3.8, 4) is 5.75 Å². The number of aromatic nitrogens is 2. The number of benzene rings is 1. The molecule has 8 heteroatoms. The van der Waals surface area contributed by atoms with E-state index in [1.807, 2.05) is 24.3 Å². The highest BCUT2D eigenvalue weighted by Gasteiger charge is 2.34. The maximum Gasteiger partial charge on any atom is 0.356 e. The number of fused-ring (bicyclic) bond motifs is 1. The highest BCUT2D eigenvalue weighted by atomic mass is 16.5. The molecule has 0 spiro atoms. The van der Waals surface area contributed by atoms with Crippen molar-refractivity contribution in [3.05, 3.63) is 46.8 Å². The molecule has 1 fully saturated rings. The zero-order valence-electron chi connectivity index (χ0n) is 16.5. The fourth-order valence-electron chi connectivity index (χ4n) is 4.04. The van der Waals surface area contributed by atoms with Crippen molar-refractivity contribution in [2.75, 3.05) is 20.3 Å². The number of hydrogen-bond donors (Lipinski definition) is 1. The maximum atomic E-state index is 12.7. The van der Waals surface area contributed by atoms with E-state index in [4.69, 9.17) is 9.47 Å². The molecule has 1 amide bonds. The topological polar surface area (TPSA) is 93.9 Å². The number of rotatable bonds is 6. The van der Waals surface area contributed by atoms with Crippen molar-refractivity contribution in [3.63, 3.8) is 0 Å². The van der Waals surface area contributed by atoms with Gasteiger partial charge in [0.1, 0.15) is 11.9 Å². The molecule has 8 nitrogen and oxygen atoms in total. The predicted molar refractivity (Wildman–Crippen MR) is 104 cm³/mol. The number of aryl methyl sites for hydroxylation is 2. The molecule has 1 aromatic carbocycles. The quantitative estimate of drug-likeness (QED) is 0.797. The van der Waals surface area contributed by atoms with Gasteiger partial charge in [-0.2, -0.15) is 5.10 Å². The molecule has 3 heterocycles. The van der Waals surface area contributed by atoms with Gasteiger partial charge >= 0.3 is 5.97 Å². The Labute approximate surface area is 169 Å². The number of carboxylic acid groups (broad SMARTS) is 1. The third-order valence-electron chi connectivity index (χ3n) is 5.62. The first-order valence-electron chi connectivity index (χ1n) is 9.92. The van der Waals surface area contributed by atoms with Crippen LogP contribution in [-0.2, 0) is 35.5 Å². The van der Waals surface area contributed by atoms with E-state index in [1.54, 1.807) is 16.7 Å². The van der Waals surface area contributed by atoms with E-state index in [9.17, 15) is 14.7 Å². The second-order valence-electron chi connectivity index (χ2n) is 7.41. The molecule has 0 aliphatic carbocycles.